The molecule has 0 fully saturated rings. The zero-order valence-corrected chi connectivity index (χ0v) is 24.4. The van der Waals surface area contributed by atoms with E-state index in [2.05, 4.69) is 54.2 Å². The Morgan fingerprint density at radius 2 is 1.97 bits per heavy atom. The van der Waals surface area contributed by atoms with Crippen molar-refractivity contribution < 1.29 is 18.7 Å². The summed E-state index contributed by atoms with van der Waals surface area (Å²) in [5.74, 6) is 0.119. The number of para-hydroxylation sites is 1. The molecule has 1 aromatic heterocycles. The molecular formula is C28H25Br2FN4O4. The second-order valence-corrected chi connectivity index (χ2v) is 10.3. The number of nitrogens with one attached hydrogen (secondary N) is 1. The van der Waals surface area contributed by atoms with E-state index in [0.29, 0.717) is 38.9 Å². The Kier molecular flexibility index (Phi) is 9.47. The number of hydrogen-bond acceptors (Lipinski definition) is 6. The minimum Gasteiger partial charge on any atom is -0.493 e. The van der Waals surface area contributed by atoms with E-state index in [1.807, 2.05) is 12.1 Å². The monoisotopic (exact) mass is 658 g/mol. The largest absolute Gasteiger partial charge is 0.493 e. The fourth-order valence-electron chi connectivity index (χ4n) is 3.78. The van der Waals surface area contributed by atoms with Gasteiger partial charge in [-0.25, -0.2) is 9.37 Å². The van der Waals surface area contributed by atoms with Crippen LogP contribution in [-0.4, -0.2) is 35.5 Å². The lowest BCUT2D eigenvalue weighted by Crippen LogP contribution is -2.22. The predicted molar refractivity (Wildman–Crippen MR) is 157 cm³/mol. The average Bonchev–Trinajstić information content (AvgIpc) is 2.92. The fraction of sp³-hybridized carbons (Fsp3) is 0.214. The Hall–Kier alpha value is -3.57. The number of carbonyl (C=O) groups excluding carboxylic acids is 1. The van der Waals surface area contributed by atoms with Crippen molar-refractivity contribution >= 4 is 60.6 Å². The standard InChI is InChI=1S/C28H25Br2FN4O4/c1-3-4-9-25-33-22-11-10-18(29)14-19(22)28(37)35(25)32-15-17-12-20(30)27(24(13-17)38-2)39-16-26(36)34-23-8-6-5-7-21(23)31/h5-8,10-15H,3-4,9,16H2,1-2H3,(H,34,36). The third-order valence-corrected chi connectivity index (χ3v) is 6.78. The Bertz CT molecular complexity index is 1610. The molecular weight excluding hydrogens is 635 g/mol. The van der Waals surface area contributed by atoms with Crippen LogP contribution >= 0.6 is 31.9 Å². The minimum absolute atomic E-state index is 0.0628. The number of rotatable bonds is 10. The molecule has 4 rings (SSSR count). The fourth-order valence-corrected chi connectivity index (χ4v) is 4.71. The summed E-state index contributed by atoms with van der Waals surface area (Å²) in [7, 11) is 1.47. The molecule has 0 saturated heterocycles. The third kappa shape index (κ3) is 6.90. The van der Waals surface area contributed by atoms with Gasteiger partial charge in [0.25, 0.3) is 11.5 Å². The SMILES string of the molecule is CCCCc1nc2ccc(Br)cc2c(=O)n1N=Cc1cc(Br)c(OCC(=O)Nc2ccccc2F)c(OC)c1. The van der Waals surface area contributed by atoms with E-state index in [9.17, 15) is 14.0 Å². The van der Waals surface area contributed by atoms with Crippen LogP contribution in [0.1, 0.15) is 31.2 Å². The van der Waals surface area contributed by atoms with Crippen molar-refractivity contribution in [3.8, 4) is 11.5 Å². The number of amides is 1. The summed E-state index contributed by atoms with van der Waals surface area (Å²) in [6, 6.07) is 14.6. The van der Waals surface area contributed by atoms with Gasteiger partial charge in [-0.3, -0.25) is 9.59 Å². The molecule has 0 atom stereocenters. The zero-order valence-electron chi connectivity index (χ0n) is 21.2. The number of benzene rings is 3. The van der Waals surface area contributed by atoms with Crippen LogP contribution in [0.25, 0.3) is 10.9 Å². The number of methoxy groups -OCH3 is 1. The highest BCUT2D eigenvalue weighted by atomic mass is 79.9. The Balaban J connectivity index is 1.59. The first-order valence-corrected chi connectivity index (χ1v) is 13.7. The van der Waals surface area contributed by atoms with Crippen LogP contribution in [0, 0.1) is 5.82 Å². The van der Waals surface area contributed by atoms with Crippen molar-refractivity contribution in [3.05, 3.63) is 91.1 Å². The van der Waals surface area contributed by atoms with Crippen molar-refractivity contribution in [1.29, 1.82) is 0 Å². The van der Waals surface area contributed by atoms with Gasteiger partial charge >= 0.3 is 0 Å². The molecule has 0 spiro atoms. The lowest BCUT2D eigenvalue weighted by Gasteiger charge is -2.14. The van der Waals surface area contributed by atoms with Crippen LogP contribution in [0.5, 0.6) is 11.5 Å². The van der Waals surface area contributed by atoms with Gasteiger partial charge in [0, 0.05) is 10.9 Å². The number of aromatic nitrogens is 2. The van der Waals surface area contributed by atoms with Gasteiger partial charge in [-0.1, -0.05) is 41.4 Å². The molecule has 39 heavy (non-hydrogen) atoms. The van der Waals surface area contributed by atoms with Crippen LogP contribution in [0.15, 0.2) is 73.4 Å². The molecule has 0 aliphatic carbocycles. The summed E-state index contributed by atoms with van der Waals surface area (Å²) in [5.41, 5.74) is 1.03. The van der Waals surface area contributed by atoms with Crippen molar-refractivity contribution in [1.82, 2.24) is 9.66 Å². The Morgan fingerprint density at radius 3 is 2.72 bits per heavy atom. The van der Waals surface area contributed by atoms with Crippen LogP contribution in [0.2, 0.25) is 0 Å². The summed E-state index contributed by atoms with van der Waals surface area (Å²) < 4.78 is 27.6. The normalized spacial score (nSPS) is 11.2. The number of fused-ring (bicyclic) bond motifs is 1. The van der Waals surface area contributed by atoms with Crippen molar-refractivity contribution in [2.75, 3.05) is 19.0 Å². The smallest absolute Gasteiger partial charge is 0.282 e. The van der Waals surface area contributed by atoms with Crippen LogP contribution in [-0.2, 0) is 11.2 Å². The summed E-state index contributed by atoms with van der Waals surface area (Å²) in [6.45, 7) is 1.70. The van der Waals surface area contributed by atoms with Gasteiger partial charge in [-0.05, 0) is 70.4 Å². The van der Waals surface area contributed by atoms with E-state index in [1.54, 1.807) is 24.3 Å². The second kappa shape index (κ2) is 13.0. The molecule has 1 amide bonds. The Labute approximate surface area is 241 Å². The first-order valence-electron chi connectivity index (χ1n) is 12.1. The minimum atomic E-state index is -0.542. The van der Waals surface area contributed by atoms with Gasteiger partial charge in [0.05, 0.1) is 34.4 Å². The van der Waals surface area contributed by atoms with E-state index in [-0.39, 0.29) is 23.6 Å². The predicted octanol–water partition coefficient (Wildman–Crippen LogP) is 6.31. The maximum atomic E-state index is 13.8. The molecule has 11 heteroatoms. The van der Waals surface area contributed by atoms with Crippen LogP contribution in [0.4, 0.5) is 10.1 Å². The number of aryl methyl sites for hydroxylation is 1. The summed E-state index contributed by atoms with van der Waals surface area (Å²) in [6.07, 6.45) is 3.94. The zero-order chi connectivity index (χ0) is 27.9. The van der Waals surface area contributed by atoms with Crippen LogP contribution < -0.4 is 20.3 Å². The molecule has 0 bridgehead atoms. The highest BCUT2D eigenvalue weighted by molar-refractivity contribution is 9.10. The quantitative estimate of drug-likeness (QED) is 0.201. The lowest BCUT2D eigenvalue weighted by molar-refractivity contribution is -0.118. The van der Waals surface area contributed by atoms with Gasteiger partial charge < -0.3 is 14.8 Å². The van der Waals surface area contributed by atoms with Gasteiger partial charge in [-0.2, -0.15) is 9.78 Å². The van der Waals surface area contributed by atoms with Crippen molar-refractivity contribution in [2.45, 2.75) is 26.2 Å². The lowest BCUT2D eigenvalue weighted by atomic mass is 10.2. The third-order valence-electron chi connectivity index (χ3n) is 5.70. The van der Waals surface area contributed by atoms with E-state index in [4.69, 9.17) is 9.47 Å². The highest BCUT2D eigenvalue weighted by Crippen LogP contribution is 2.36. The number of nitrogens with zero attached hydrogens (tertiary/aromatic N) is 3. The number of unbranched alkanes of at least 4 members (excludes halogenated alkanes) is 1. The number of halogens is 3. The molecule has 0 radical (unpaired) electrons. The molecule has 0 aliphatic rings. The topological polar surface area (TPSA) is 94.8 Å². The van der Waals surface area contributed by atoms with Gasteiger partial charge in [-0.15, -0.1) is 0 Å². The van der Waals surface area contributed by atoms with E-state index >= 15 is 0 Å². The maximum absolute atomic E-state index is 13.8. The average molecular weight is 660 g/mol. The summed E-state index contributed by atoms with van der Waals surface area (Å²) in [5, 5.41) is 7.40. The Morgan fingerprint density at radius 1 is 1.18 bits per heavy atom. The number of ether oxygens (including phenoxy) is 2. The molecule has 3 aromatic carbocycles. The molecule has 4 aromatic rings. The molecule has 8 nitrogen and oxygen atoms in total. The number of carbonyl (C=O) groups is 1. The van der Waals surface area contributed by atoms with E-state index in [1.165, 1.54) is 36.2 Å². The van der Waals surface area contributed by atoms with Crippen molar-refractivity contribution in [3.63, 3.8) is 0 Å². The molecule has 202 valence electrons. The van der Waals surface area contributed by atoms with Gasteiger partial charge in [0.2, 0.25) is 0 Å². The molecule has 1 heterocycles. The summed E-state index contributed by atoms with van der Waals surface area (Å²) in [4.78, 5) is 30.3. The molecule has 0 unspecified atom stereocenters. The molecule has 0 aliphatic heterocycles. The number of anilines is 1. The first kappa shape index (κ1) is 28.4. The summed E-state index contributed by atoms with van der Waals surface area (Å²) >= 11 is 6.86. The van der Waals surface area contributed by atoms with E-state index < -0.39 is 11.7 Å². The molecule has 1 N–H and O–H groups in total. The first-order chi connectivity index (χ1) is 18.8. The van der Waals surface area contributed by atoms with Gasteiger partial charge in [0.15, 0.2) is 18.1 Å². The van der Waals surface area contributed by atoms with Gasteiger partial charge in [0.1, 0.15) is 11.6 Å². The maximum Gasteiger partial charge on any atom is 0.282 e. The molecule has 0 saturated carbocycles. The second-order valence-electron chi connectivity index (χ2n) is 8.51. The van der Waals surface area contributed by atoms with E-state index in [0.717, 1.165) is 17.3 Å². The van der Waals surface area contributed by atoms with Crippen molar-refractivity contribution in [2.24, 2.45) is 5.10 Å². The number of hydrogen-bond donors (Lipinski definition) is 1. The van der Waals surface area contributed by atoms with Crippen LogP contribution in [0.3, 0.4) is 0 Å². The highest BCUT2D eigenvalue weighted by Gasteiger charge is 2.15.